The van der Waals surface area contributed by atoms with Crippen molar-refractivity contribution in [3.63, 3.8) is 0 Å². The van der Waals surface area contributed by atoms with Crippen molar-refractivity contribution < 1.29 is 9.90 Å². The third-order valence-corrected chi connectivity index (χ3v) is 2.90. The van der Waals surface area contributed by atoms with Crippen molar-refractivity contribution in [3.05, 3.63) is 29.3 Å². The van der Waals surface area contributed by atoms with Crippen LogP contribution < -0.4 is 4.90 Å². The Kier molecular flexibility index (Phi) is 4.96. The lowest BCUT2D eigenvalue weighted by Crippen LogP contribution is -2.42. The normalized spacial score (nSPS) is 12.2. The van der Waals surface area contributed by atoms with Gasteiger partial charge in [0.15, 0.2) is 0 Å². The fourth-order valence-corrected chi connectivity index (χ4v) is 2.09. The first-order chi connectivity index (χ1) is 7.60. The Balaban J connectivity index is 3.01. The van der Waals surface area contributed by atoms with Crippen LogP contribution in [-0.4, -0.2) is 29.4 Å². The molecule has 1 rings (SSSR count). The van der Waals surface area contributed by atoms with Crippen LogP contribution in [0.4, 0.5) is 5.69 Å². The van der Waals surface area contributed by atoms with E-state index in [0.717, 1.165) is 5.69 Å². The number of rotatable bonds is 5. The van der Waals surface area contributed by atoms with Crippen molar-refractivity contribution in [1.29, 1.82) is 0 Å². The van der Waals surface area contributed by atoms with Gasteiger partial charge in [-0.05, 0) is 25.1 Å². The summed E-state index contributed by atoms with van der Waals surface area (Å²) in [7, 11) is 0. The summed E-state index contributed by atoms with van der Waals surface area (Å²) >= 11 is 9.95. The first kappa shape index (κ1) is 13.2. The van der Waals surface area contributed by atoms with Crippen LogP contribution in [0.2, 0.25) is 5.02 Å². The van der Waals surface area contributed by atoms with E-state index in [4.69, 9.17) is 16.7 Å². The number of hydrogen-bond acceptors (Lipinski definition) is 3. The van der Waals surface area contributed by atoms with Gasteiger partial charge in [-0.15, -0.1) is 0 Å². The Labute approximate surface area is 105 Å². The summed E-state index contributed by atoms with van der Waals surface area (Å²) in [5.74, 6) is -0.618. The Morgan fingerprint density at radius 2 is 2.31 bits per heavy atom. The van der Waals surface area contributed by atoms with E-state index in [9.17, 15) is 4.79 Å². The highest BCUT2D eigenvalue weighted by Crippen LogP contribution is 2.21. The van der Waals surface area contributed by atoms with Gasteiger partial charge in [0, 0.05) is 23.0 Å². The lowest BCUT2D eigenvalue weighted by molar-refractivity contribution is -0.138. The zero-order valence-electron chi connectivity index (χ0n) is 8.93. The topological polar surface area (TPSA) is 40.5 Å². The molecule has 1 aromatic rings. The first-order valence-corrected chi connectivity index (χ1v) is 5.97. The zero-order valence-corrected chi connectivity index (χ0v) is 10.6. The number of carboxylic acids is 1. The van der Waals surface area contributed by atoms with Crippen molar-refractivity contribution >= 4 is 35.9 Å². The summed E-state index contributed by atoms with van der Waals surface area (Å²) < 4.78 is 0. The number of carbonyl (C=O) groups is 1. The van der Waals surface area contributed by atoms with E-state index < -0.39 is 12.0 Å². The number of thiol groups is 1. The molecule has 5 heteroatoms. The van der Waals surface area contributed by atoms with Crippen LogP contribution in [-0.2, 0) is 4.79 Å². The van der Waals surface area contributed by atoms with Crippen LogP contribution in [0.3, 0.4) is 0 Å². The number of hydrogen-bond donors (Lipinski definition) is 2. The number of anilines is 1. The lowest BCUT2D eigenvalue weighted by Gasteiger charge is -2.28. The SMILES string of the molecule is CCN(c1cccc(Cl)c1)C(CS)C(=O)O. The van der Waals surface area contributed by atoms with Crippen LogP contribution in [0.5, 0.6) is 0 Å². The van der Waals surface area contributed by atoms with Gasteiger partial charge in [-0.3, -0.25) is 0 Å². The maximum atomic E-state index is 11.1. The molecule has 1 unspecified atom stereocenters. The molecule has 0 radical (unpaired) electrons. The molecule has 88 valence electrons. The fourth-order valence-electron chi connectivity index (χ4n) is 1.55. The highest BCUT2D eigenvalue weighted by atomic mass is 35.5. The molecule has 0 aliphatic heterocycles. The van der Waals surface area contributed by atoms with E-state index >= 15 is 0 Å². The lowest BCUT2D eigenvalue weighted by atomic mass is 10.2. The van der Waals surface area contributed by atoms with Gasteiger partial charge >= 0.3 is 5.97 Å². The van der Waals surface area contributed by atoms with Gasteiger partial charge in [0.05, 0.1) is 0 Å². The number of halogens is 1. The van der Waals surface area contributed by atoms with Crippen LogP contribution >= 0.6 is 24.2 Å². The van der Waals surface area contributed by atoms with E-state index in [0.29, 0.717) is 11.6 Å². The predicted molar refractivity (Wildman–Crippen MR) is 69.7 cm³/mol. The Hall–Kier alpha value is -0.870. The van der Waals surface area contributed by atoms with Gasteiger partial charge in [-0.2, -0.15) is 12.6 Å². The van der Waals surface area contributed by atoms with Crippen LogP contribution in [0.25, 0.3) is 0 Å². The van der Waals surface area contributed by atoms with E-state index in [-0.39, 0.29) is 5.75 Å². The summed E-state index contributed by atoms with van der Waals surface area (Å²) in [6.45, 7) is 2.50. The molecule has 1 aromatic carbocycles. The van der Waals surface area contributed by atoms with Crippen molar-refractivity contribution in [3.8, 4) is 0 Å². The minimum atomic E-state index is -0.878. The maximum absolute atomic E-state index is 11.1. The molecule has 0 aromatic heterocycles. The highest BCUT2D eigenvalue weighted by Gasteiger charge is 2.23. The first-order valence-electron chi connectivity index (χ1n) is 4.96. The van der Waals surface area contributed by atoms with Crippen molar-refractivity contribution in [1.82, 2.24) is 0 Å². The molecule has 1 atom stereocenters. The second-order valence-corrected chi connectivity index (χ2v) is 4.10. The molecule has 0 saturated heterocycles. The summed E-state index contributed by atoms with van der Waals surface area (Å²) in [6.07, 6.45) is 0. The van der Waals surface area contributed by atoms with Gasteiger partial charge in [-0.1, -0.05) is 17.7 Å². The summed E-state index contributed by atoms with van der Waals surface area (Å²) in [5.41, 5.74) is 0.802. The van der Waals surface area contributed by atoms with Gasteiger partial charge in [0.2, 0.25) is 0 Å². The Morgan fingerprint density at radius 1 is 1.62 bits per heavy atom. The predicted octanol–water partition coefficient (Wildman–Crippen LogP) is 2.55. The second-order valence-electron chi connectivity index (χ2n) is 3.30. The molecular formula is C11H14ClNO2S. The number of aliphatic carboxylic acids is 1. The van der Waals surface area contributed by atoms with E-state index in [1.54, 1.807) is 23.1 Å². The second kappa shape index (κ2) is 6.01. The molecule has 1 N–H and O–H groups in total. The van der Waals surface area contributed by atoms with Crippen LogP contribution in [0.1, 0.15) is 6.92 Å². The monoisotopic (exact) mass is 259 g/mol. The fraction of sp³-hybridized carbons (Fsp3) is 0.364. The molecule has 0 aliphatic rings. The summed E-state index contributed by atoms with van der Waals surface area (Å²) in [4.78, 5) is 12.8. The summed E-state index contributed by atoms with van der Waals surface area (Å²) in [5, 5.41) is 9.68. The molecule has 0 bridgehead atoms. The Morgan fingerprint density at radius 3 is 2.75 bits per heavy atom. The van der Waals surface area contributed by atoms with Gasteiger partial charge in [0.25, 0.3) is 0 Å². The molecule has 0 heterocycles. The number of carboxylic acid groups (broad SMARTS) is 1. The number of nitrogens with zero attached hydrogens (tertiary/aromatic N) is 1. The molecule has 0 saturated carbocycles. The van der Waals surface area contributed by atoms with Crippen molar-refractivity contribution in [2.45, 2.75) is 13.0 Å². The molecule has 16 heavy (non-hydrogen) atoms. The standard InChI is InChI=1S/C11H14ClNO2S/c1-2-13(10(7-16)11(14)15)9-5-3-4-8(12)6-9/h3-6,10,16H,2,7H2,1H3,(H,14,15). The quantitative estimate of drug-likeness (QED) is 0.799. The van der Waals surface area contributed by atoms with Gasteiger partial charge in [0.1, 0.15) is 6.04 Å². The third-order valence-electron chi connectivity index (χ3n) is 2.31. The van der Waals surface area contributed by atoms with E-state index in [1.165, 1.54) is 0 Å². The maximum Gasteiger partial charge on any atom is 0.327 e. The molecule has 0 fully saturated rings. The van der Waals surface area contributed by atoms with Crippen molar-refractivity contribution in [2.75, 3.05) is 17.2 Å². The van der Waals surface area contributed by atoms with E-state index in [1.807, 2.05) is 13.0 Å². The minimum absolute atomic E-state index is 0.260. The van der Waals surface area contributed by atoms with E-state index in [2.05, 4.69) is 12.6 Å². The molecule has 3 nitrogen and oxygen atoms in total. The van der Waals surface area contributed by atoms with Gasteiger partial charge < -0.3 is 10.0 Å². The van der Waals surface area contributed by atoms with Crippen LogP contribution in [0.15, 0.2) is 24.3 Å². The van der Waals surface area contributed by atoms with Crippen LogP contribution in [0, 0.1) is 0 Å². The zero-order chi connectivity index (χ0) is 12.1. The number of likely N-dealkylation sites (N-methyl/N-ethyl adjacent to an activating group) is 1. The van der Waals surface area contributed by atoms with Crippen molar-refractivity contribution in [2.24, 2.45) is 0 Å². The average Bonchev–Trinajstić information content (AvgIpc) is 2.25. The smallest absolute Gasteiger partial charge is 0.327 e. The molecular weight excluding hydrogens is 246 g/mol. The molecule has 0 aliphatic carbocycles. The summed E-state index contributed by atoms with van der Waals surface area (Å²) in [6, 6.07) is 6.53. The molecule has 0 spiro atoms. The molecule has 0 amide bonds. The van der Waals surface area contributed by atoms with Gasteiger partial charge in [-0.25, -0.2) is 4.79 Å². The Bertz CT molecular complexity index is 373. The average molecular weight is 260 g/mol. The highest BCUT2D eigenvalue weighted by molar-refractivity contribution is 7.80. The third kappa shape index (κ3) is 3.06. The number of benzene rings is 1. The largest absolute Gasteiger partial charge is 0.480 e. The minimum Gasteiger partial charge on any atom is -0.480 e.